The van der Waals surface area contributed by atoms with Crippen LogP contribution in [0.15, 0.2) is 72.8 Å². The number of para-hydroxylation sites is 2. The highest BCUT2D eigenvalue weighted by atomic mass is 35.5. The predicted octanol–water partition coefficient (Wildman–Crippen LogP) is 3.68. The molecule has 0 saturated heterocycles. The van der Waals surface area contributed by atoms with E-state index in [0.717, 1.165) is 0 Å². The van der Waals surface area contributed by atoms with Gasteiger partial charge in [-0.1, -0.05) is 41.9 Å². The fourth-order valence-electron chi connectivity index (χ4n) is 3.27. The van der Waals surface area contributed by atoms with Crippen molar-refractivity contribution in [2.24, 2.45) is 0 Å². The van der Waals surface area contributed by atoms with Crippen molar-refractivity contribution < 1.29 is 28.6 Å². The Morgan fingerprint density at radius 1 is 0.909 bits per heavy atom. The molecule has 0 spiro atoms. The average Bonchev–Trinajstić information content (AvgIpc) is 2.86. The first-order valence-electron chi connectivity index (χ1n) is 10.2. The number of fused-ring (bicyclic) bond motifs is 1. The number of amides is 1. The minimum atomic E-state index is -0.769. The van der Waals surface area contributed by atoms with Crippen LogP contribution in [0.25, 0.3) is 0 Å². The minimum absolute atomic E-state index is 0.0749. The number of carbonyl (C=O) groups excluding carboxylic acids is 3. The molecule has 8 heteroatoms. The third kappa shape index (κ3) is 5.51. The molecule has 0 aromatic heterocycles. The zero-order valence-corrected chi connectivity index (χ0v) is 18.2. The summed E-state index contributed by atoms with van der Waals surface area (Å²) in [5.41, 5.74) is 0.635. The van der Waals surface area contributed by atoms with Crippen molar-refractivity contribution in [2.75, 3.05) is 19.8 Å². The molecule has 1 N–H and O–H groups in total. The van der Waals surface area contributed by atoms with Crippen LogP contribution in [0, 0.1) is 0 Å². The van der Waals surface area contributed by atoms with Gasteiger partial charge in [0.15, 0.2) is 23.9 Å². The van der Waals surface area contributed by atoms with Gasteiger partial charge in [-0.25, -0.2) is 4.79 Å². The van der Waals surface area contributed by atoms with Gasteiger partial charge in [-0.2, -0.15) is 0 Å². The second kappa shape index (κ2) is 10.2. The number of hydrogen-bond acceptors (Lipinski definition) is 6. The molecule has 3 aromatic carbocycles. The van der Waals surface area contributed by atoms with Crippen LogP contribution in [-0.2, 0) is 9.53 Å². The lowest BCUT2D eigenvalue weighted by atomic mass is 9.98. The summed E-state index contributed by atoms with van der Waals surface area (Å²) in [4.78, 5) is 37.6. The van der Waals surface area contributed by atoms with Crippen LogP contribution in [0.5, 0.6) is 11.5 Å². The van der Waals surface area contributed by atoms with Crippen LogP contribution in [0.3, 0.4) is 0 Å². The Morgan fingerprint density at radius 3 is 2.33 bits per heavy atom. The fourth-order valence-corrected chi connectivity index (χ4v) is 3.39. The monoisotopic (exact) mass is 465 g/mol. The highest BCUT2D eigenvalue weighted by Crippen LogP contribution is 2.30. The molecular formula is C25H20ClNO6. The van der Waals surface area contributed by atoms with Gasteiger partial charge in [-0.15, -0.1) is 0 Å². The van der Waals surface area contributed by atoms with Crippen LogP contribution in [0.2, 0.25) is 5.02 Å². The van der Waals surface area contributed by atoms with Gasteiger partial charge in [-0.05, 0) is 42.5 Å². The van der Waals surface area contributed by atoms with E-state index in [-0.39, 0.29) is 36.2 Å². The Hall–Kier alpha value is -3.84. The largest absolute Gasteiger partial charge is 0.486 e. The molecule has 0 saturated carbocycles. The average molecular weight is 466 g/mol. The third-order valence-corrected chi connectivity index (χ3v) is 5.18. The molecule has 1 aliphatic heterocycles. The number of ketones is 1. The van der Waals surface area contributed by atoms with Gasteiger partial charge in [0.1, 0.15) is 12.7 Å². The van der Waals surface area contributed by atoms with E-state index in [4.69, 9.17) is 25.8 Å². The van der Waals surface area contributed by atoms with Crippen molar-refractivity contribution in [3.05, 3.63) is 94.5 Å². The highest BCUT2D eigenvalue weighted by Gasteiger charge is 2.22. The molecule has 3 aromatic rings. The quantitative estimate of drug-likeness (QED) is 0.423. The predicted molar refractivity (Wildman–Crippen MR) is 121 cm³/mol. The summed E-state index contributed by atoms with van der Waals surface area (Å²) in [6.45, 7) is -0.0138. The molecule has 168 valence electrons. The Bertz CT molecular complexity index is 1180. The summed E-state index contributed by atoms with van der Waals surface area (Å²) in [6, 6.07) is 19.9. The maximum absolute atomic E-state index is 12.8. The van der Waals surface area contributed by atoms with E-state index in [2.05, 4.69) is 5.32 Å². The van der Waals surface area contributed by atoms with Crippen molar-refractivity contribution in [3.8, 4) is 11.5 Å². The molecule has 0 fully saturated rings. The van der Waals surface area contributed by atoms with E-state index >= 15 is 0 Å². The van der Waals surface area contributed by atoms with E-state index in [1.165, 1.54) is 12.1 Å². The molecule has 1 amide bonds. The van der Waals surface area contributed by atoms with Gasteiger partial charge in [0, 0.05) is 16.1 Å². The van der Waals surface area contributed by atoms with E-state index in [1.54, 1.807) is 48.5 Å². The summed E-state index contributed by atoms with van der Waals surface area (Å²) in [5, 5.41) is 3.16. The molecular weight excluding hydrogens is 446 g/mol. The molecule has 4 rings (SSSR count). The maximum Gasteiger partial charge on any atom is 0.339 e. The zero-order valence-electron chi connectivity index (χ0n) is 17.5. The standard InChI is InChI=1S/C25H20ClNO6/c26-17-11-9-16(10-12-17)24(29)19-5-1-2-6-20(19)25(30)32-15-23(28)27-13-18-14-31-21-7-3-4-8-22(21)33-18/h1-12,18H,13-15H2,(H,27,28). The molecule has 1 heterocycles. The number of nitrogens with one attached hydrogen (secondary N) is 1. The number of benzene rings is 3. The van der Waals surface area contributed by atoms with Gasteiger partial charge in [0.2, 0.25) is 0 Å². The second-order valence-electron chi connectivity index (χ2n) is 7.26. The van der Waals surface area contributed by atoms with Crippen molar-refractivity contribution in [1.82, 2.24) is 5.32 Å². The Labute approximate surface area is 195 Å². The fraction of sp³-hybridized carbons (Fsp3) is 0.160. The maximum atomic E-state index is 12.8. The molecule has 0 radical (unpaired) electrons. The summed E-state index contributed by atoms with van der Waals surface area (Å²) in [5.74, 6) is -0.350. The SMILES string of the molecule is O=C(COC(=O)c1ccccc1C(=O)c1ccc(Cl)cc1)NCC1COc2ccccc2O1. The van der Waals surface area contributed by atoms with Crippen LogP contribution < -0.4 is 14.8 Å². The van der Waals surface area contributed by atoms with Crippen LogP contribution in [0.1, 0.15) is 26.3 Å². The summed E-state index contributed by atoms with van der Waals surface area (Å²) >= 11 is 5.87. The first-order chi connectivity index (χ1) is 16.0. The molecule has 0 bridgehead atoms. The highest BCUT2D eigenvalue weighted by molar-refractivity contribution is 6.30. The van der Waals surface area contributed by atoms with Crippen LogP contribution >= 0.6 is 11.6 Å². The number of hydrogen-bond donors (Lipinski definition) is 1. The lowest BCUT2D eigenvalue weighted by molar-refractivity contribution is -0.124. The van der Waals surface area contributed by atoms with E-state index in [9.17, 15) is 14.4 Å². The van der Waals surface area contributed by atoms with Crippen LogP contribution in [-0.4, -0.2) is 43.5 Å². The summed E-state index contributed by atoms with van der Waals surface area (Å²) in [7, 11) is 0. The van der Waals surface area contributed by atoms with Crippen molar-refractivity contribution in [2.45, 2.75) is 6.10 Å². The summed E-state index contributed by atoms with van der Waals surface area (Å²) in [6.07, 6.45) is -0.364. The Kier molecular flexibility index (Phi) is 6.90. The molecule has 0 aliphatic carbocycles. The molecule has 1 atom stereocenters. The minimum Gasteiger partial charge on any atom is -0.486 e. The summed E-state index contributed by atoms with van der Waals surface area (Å²) < 4.78 is 16.5. The first kappa shape index (κ1) is 22.4. The number of esters is 1. The lowest BCUT2D eigenvalue weighted by Crippen LogP contribution is -2.42. The van der Waals surface area contributed by atoms with Gasteiger partial charge >= 0.3 is 5.97 Å². The van der Waals surface area contributed by atoms with Crippen molar-refractivity contribution in [1.29, 1.82) is 0 Å². The number of ether oxygens (including phenoxy) is 3. The topological polar surface area (TPSA) is 90.9 Å². The van der Waals surface area contributed by atoms with E-state index in [0.29, 0.717) is 22.1 Å². The zero-order chi connectivity index (χ0) is 23.2. The first-order valence-corrected chi connectivity index (χ1v) is 10.6. The molecule has 1 aliphatic rings. The number of rotatable bonds is 7. The smallest absolute Gasteiger partial charge is 0.339 e. The van der Waals surface area contributed by atoms with Crippen molar-refractivity contribution in [3.63, 3.8) is 0 Å². The molecule has 33 heavy (non-hydrogen) atoms. The Morgan fingerprint density at radius 2 is 1.58 bits per heavy atom. The molecule has 1 unspecified atom stereocenters. The van der Waals surface area contributed by atoms with Crippen LogP contribution in [0.4, 0.5) is 0 Å². The number of carbonyl (C=O) groups is 3. The van der Waals surface area contributed by atoms with Crippen molar-refractivity contribution >= 4 is 29.3 Å². The third-order valence-electron chi connectivity index (χ3n) is 4.93. The van der Waals surface area contributed by atoms with E-state index in [1.807, 2.05) is 12.1 Å². The lowest BCUT2D eigenvalue weighted by Gasteiger charge is -2.26. The van der Waals surface area contributed by atoms with Gasteiger partial charge in [-0.3, -0.25) is 9.59 Å². The van der Waals surface area contributed by atoms with E-state index < -0.39 is 18.5 Å². The Balaban J connectivity index is 1.31. The second-order valence-corrected chi connectivity index (χ2v) is 7.70. The molecule has 7 nitrogen and oxygen atoms in total. The normalized spacial score (nSPS) is 14.3. The van der Waals surface area contributed by atoms with Gasteiger partial charge in [0.05, 0.1) is 12.1 Å². The number of halogens is 1. The van der Waals surface area contributed by atoms with Gasteiger partial charge < -0.3 is 19.5 Å². The van der Waals surface area contributed by atoms with Gasteiger partial charge in [0.25, 0.3) is 5.91 Å².